The molecule has 0 radical (unpaired) electrons. The van der Waals surface area contributed by atoms with Gasteiger partial charge in [0.05, 0.1) is 12.3 Å². The SMILES string of the molecule is COCc1nc(-c2cccc(N(CC34CCC(c5nc(C6CC6)no5)(CC3)CC4)C(=O)C3CCCCC3)c2)cs1. The molecule has 8 heteroatoms. The maximum atomic E-state index is 14.2. The molecule has 5 fully saturated rings. The number of rotatable bonds is 9. The molecule has 0 saturated heterocycles. The fraction of sp³-hybridized carbons (Fsp3) is 0.625. The molecule has 7 nitrogen and oxygen atoms in total. The van der Waals surface area contributed by atoms with E-state index in [9.17, 15) is 4.79 Å². The highest BCUT2D eigenvalue weighted by atomic mass is 32.1. The van der Waals surface area contributed by atoms with E-state index in [1.54, 1.807) is 18.4 Å². The summed E-state index contributed by atoms with van der Waals surface area (Å²) in [6.07, 6.45) is 14.5. The number of hydrogen-bond donors (Lipinski definition) is 0. The second-order valence-corrected chi connectivity index (χ2v) is 13.8. The van der Waals surface area contributed by atoms with E-state index in [4.69, 9.17) is 19.2 Å². The third kappa shape index (κ3) is 5.02. The quantitative estimate of drug-likeness (QED) is 0.271. The molecule has 1 aromatic carbocycles. The van der Waals surface area contributed by atoms with E-state index >= 15 is 0 Å². The highest BCUT2D eigenvalue weighted by molar-refractivity contribution is 7.09. The van der Waals surface area contributed by atoms with Crippen LogP contribution in [0.25, 0.3) is 11.3 Å². The number of nitrogens with zero attached hydrogens (tertiary/aromatic N) is 4. The molecule has 2 heterocycles. The van der Waals surface area contributed by atoms with Gasteiger partial charge in [-0.2, -0.15) is 4.98 Å². The molecule has 8 rings (SSSR count). The van der Waals surface area contributed by atoms with Crippen LogP contribution in [0.5, 0.6) is 0 Å². The Bertz CT molecular complexity index is 1330. The number of hydrogen-bond acceptors (Lipinski definition) is 7. The van der Waals surface area contributed by atoms with E-state index in [1.165, 1.54) is 19.3 Å². The first-order valence-electron chi connectivity index (χ1n) is 15.3. The van der Waals surface area contributed by atoms with E-state index < -0.39 is 0 Å². The number of carbonyl (C=O) groups excluding carboxylic acids is 1. The van der Waals surface area contributed by atoms with Crippen molar-refractivity contribution in [3.8, 4) is 11.3 Å². The number of methoxy groups -OCH3 is 1. The van der Waals surface area contributed by atoms with Gasteiger partial charge >= 0.3 is 0 Å². The van der Waals surface area contributed by atoms with Crippen LogP contribution in [0.1, 0.15) is 106 Å². The average molecular weight is 561 g/mol. The Morgan fingerprint density at radius 3 is 2.55 bits per heavy atom. The first-order chi connectivity index (χ1) is 19.6. The van der Waals surface area contributed by atoms with E-state index in [-0.39, 0.29) is 16.7 Å². The summed E-state index contributed by atoms with van der Waals surface area (Å²) in [5, 5.41) is 7.40. The summed E-state index contributed by atoms with van der Waals surface area (Å²) in [5.41, 5.74) is 3.20. The summed E-state index contributed by atoms with van der Waals surface area (Å²) in [7, 11) is 1.70. The molecule has 5 aliphatic rings. The fourth-order valence-corrected chi connectivity index (χ4v) is 8.22. The molecular weight excluding hydrogens is 520 g/mol. The van der Waals surface area contributed by atoms with Gasteiger partial charge in [0.25, 0.3) is 0 Å². The third-order valence-corrected chi connectivity index (χ3v) is 11.0. The van der Waals surface area contributed by atoms with Crippen molar-refractivity contribution in [1.29, 1.82) is 0 Å². The Morgan fingerprint density at radius 1 is 1.05 bits per heavy atom. The standard InChI is InChI=1S/C32H40N4O3S/c1-38-19-27-33-26(20-40-27)24-8-5-9-25(18-24)36(29(37)23-6-3-2-4-7-23)21-31-12-15-32(16-13-31,17-14-31)30-34-28(35-39-30)22-10-11-22/h5,8-9,18,20,22-23H,2-4,6-7,10-17,19,21H2,1H3. The highest BCUT2D eigenvalue weighted by Crippen LogP contribution is 2.58. The molecule has 5 aliphatic carbocycles. The maximum Gasteiger partial charge on any atom is 0.232 e. The molecule has 1 amide bonds. The van der Waals surface area contributed by atoms with Crippen LogP contribution in [-0.4, -0.2) is 34.7 Å². The summed E-state index contributed by atoms with van der Waals surface area (Å²) in [4.78, 5) is 26.0. The van der Waals surface area contributed by atoms with Crippen molar-refractivity contribution < 1.29 is 14.1 Å². The zero-order valence-corrected chi connectivity index (χ0v) is 24.4. The van der Waals surface area contributed by atoms with Crippen LogP contribution in [0.3, 0.4) is 0 Å². The predicted octanol–water partition coefficient (Wildman–Crippen LogP) is 7.42. The lowest BCUT2D eigenvalue weighted by Gasteiger charge is -2.53. The third-order valence-electron chi connectivity index (χ3n) is 10.2. The first kappa shape index (κ1) is 26.3. The van der Waals surface area contributed by atoms with E-state index in [2.05, 4.69) is 39.7 Å². The normalized spacial score (nSPS) is 26.7. The van der Waals surface area contributed by atoms with Crippen LogP contribution in [0.2, 0.25) is 0 Å². The molecule has 0 aliphatic heterocycles. The Kier molecular flexibility index (Phi) is 7.03. The summed E-state index contributed by atoms with van der Waals surface area (Å²) in [6.45, 7) is 1.32. The first-order valence-corrected chi connectivity index (χ1v) is 16.1. The molecule has 0 unspecified atom stereocenters. The molecule has 5 saturated carbocycles. The van der Waals surface area contributed by atoms with Gasteiger partial charge in [-0.1, -0.05) is 36.6 Å². The number of thiazole rings is 1. The van der Waals surface area contributed by atoms with Gasteiger partial charge in [0.1, 0.15) is 5.01 Å². The van der Waals surface area contributed by atoms with Crippen molar-refractivity contribution in [1.82, 2.24) is 15.1 Å². The molecule has 0 N–H and O–H groups in total. The van der Waals surface area contributed by atoms with Gasteiger partial charge in [-0.15, -0.1) is 11.3 Å². The molecule has 212 valence electrons. The van der Waals surface area contributed by atoms with Crippen LogP contribution in [-0.2, 0) is 21.6 Å². The van der Waals surface area contributed by atoms with Gasteiger partial charge in [0, 0.05) is 47.5 Å². The van der Waals surface area contributed by atoms with E-state index in [0.29, 0.717) is 18.4 Å². The fourth-order valence-electron chi connectivity index (χ4n) is 7.45. The van der Waals surface area contributed by atoms with Gasteiger partial charge < -0.3 is 14.2 Å². The number of benzene rings is 1. The van der Waals surface area contributed by atoms with Gasteiger partial charge in [0.15, 0.2) is 5.82 Å². The van der Waals surface area contributed by atoms with E-state index in [0.717, 1.165) is 104 Å². The summed E-state index contributed by atoms with van der Waals surface area (Å²) in [5.74, 6) is 2.77. The van der Waals surface area contributed by atoms with E-state index in [1.807, 2.05) is 0 Å². The van der Waals surface area contributed by atoms with Crippen molar-refractivity contribution in [2.75, 3.05) is 18.6 Å². The van der Waals surface area contributed by atoms with Gasteiger partial charge in [-0.3, -0.25) is 4.79 Å². The zero-order chi connectivity index (χ0) is 27.2. The Balaban J connectivity index is 1.14. The van der Waals surface area contributed by atoms with Crippen LogP contribution >= 0.6 is 11.3 Å². The van der Waals surface area contributed by atoms with Crippen LogP contribution in [0.15, 0.2) is 34.2 Å². The van der Waals surface area contributed by atoms with Crippen molar-refractivity contribution in [3.05, 3.63) is 46.4 Å². The summed E-state index contributed by atoms with van der Waals surface area (Å²) >= 11 is 1.62. The average Bonchev–Trinajstić information content (AvgIpc) is 3.53. The number of carbonyl (C=O) groups is 1. The minimum absolute atomic E-state index is 0.0323. The van der Waals surface area contributed by atoms with Crippen molar-refractivity contribution >= 4 is 22.9 Å². The number of ether oxygens (including phenoxy) is 1. The lowest BCUT2D eigenvalue weighted by molar-refractivity contribution is -0.124. The minimum atomic E-state index is 0.0323. The lowest BCUT2D eigenvalue weighted by Crippen LogP contribution is -2.51. The molecule has 3 aromatic rings. The minimum Gasteiger partial charge on any atom is -0.378 e. The van der Waals surface area contributed by atoms with Gasteiger partial charge in [0.2, 0.25) is 11.8 Å². The largest absolute Gasteiger partial charge is 0.378 e. The Labute approximate surface area is 240 Å². The van der Waals surface area contributed by atoms with Crippen LogP contribution < -0.4 is 4.90 Å². The molecular formula is C32H40N4O3S. The van der Waals surface area contributed by atoms with Crippen LogP contribution in [0.4, 0.5) is 5.69 Å². The lowest BCUT2D eigenvalue weighted by atomic mass is 9.53. The van der Waals surface area contributed by atoms with Gasteiger partial charge in [-0.05, 0) is 81.8 Å². The molecule has 40 heavy (non-hydrogen) atoms. The summed E-state index contributed by atoms with van der Waals surface area (Å²) < 4.78 is 11.1. The highest BCUT2D eigenvalue weighted by Gasteiger charge is 2.53. The number of aromatic nitrogens is 3. The Morgan fingerprint density at radius 2 is 1.82 bits per heavy atom. The van der Waals surface area contributed by atoms with Gasteiger partial charge in [-0.25, -0.2) is 4.98 Å². The number of anilines is 1. The number of amides is 1. The van der Waals surface area contributed by atoms with Crippen molar-refractivity contribution in [2.24, 2.45) is 11.3 Å². The zero-order valence-electron chi connectivity index (χ0n) is 23.6. The summed E-state index contributed by atoms with van der Waals surface area (Å²) in [6, 6.07) is 8.49. The predicted molar refractivity (Wildman–Crippen MR) is 155 cm³/mol. The second kappa shape index (κ2) is 10.7. The number of fused-ring (bicyclic) bond motifs is 3. The maximum absolute atomic E-state index is 14.2. The molecule has 2 aromatic heterocycles. The van der Waals surface area contributed by atoms with Crippen molar-refractivity contribution in [2.45, 2.75) is 101 Å². The Hall–Kier alpha value is -2.58. The molecule has 0 spiro atoms. The smallest absolute Gasteiger partial charge is 0.232 e. The van der Waals surface area contributed by atoms with Crippen LogP contribution in [0, 0.1) is 11.3 Å². The second-order valence-electron chi connectivity index (χ2n) is 12.9. The molecule has 2 bridgehead atoms. The monoisotopic (exact) mass is 560 g/mol. The topological polar surface area (TPSA) is 81.3 Å². The van der Waals surface area contributed by atoms with Crippen molar-refractivity contribution in [3.63, 3.8) is 0 Å². The molecule has 0 atom stereocenters.